The maximum absolute atomic E-state index is 10.3. The molecule has 6 nitrogen and oxygen atoms in total. The summed E-state index contributed by atoms with van der Waals surface area (Å²) in [5.74, 6) is -1.62. The highest BCUT2D eigenvalue weighted by Gasteiger charge is 2.06. The minimum atomic E-state index is -2.71. The Morgan fingerprint density at radius 2 is 2.09 bits per heavy atom. The Bertz CT molecular complexity index is 193. The molecule has 1 unspecified atom stereocenters. The smallest absolute Gasteiger partial charge is 0.423 e. The third kappa shape index (κ3) is 6.92. The van der Waals surface area contributed by atoms with Gasteiger partial charge in [-0.25, -0.2) is 19.4 Å². The summed E-state index contributed by atoms with van der Waals surface area (Å²) in [6.07, 6.45) is 0. The van der Waals surface area contributed by atoms with Gasteiger partial charge < -0.3 is 4.89 Å². The van der Waals surface area contributed by atoms with E-state index in [1.165, 1.54) is 0 Å². The van der Waals surface area contributed by atoms with Crippen LogP contribution >= 0.6 is 8.00 Å². The Balaban J connectivity index is 3.71. The van der Waals surface area contributed by atoms with Crippen LogP contribution in [0, 0.1) is 0 Å². The summed E-state index contributed by atoms with van der Waals surface area (Å²) in [4.78, 5) is 45.7. The van der Waals surface area contributed by atoms with Crippen molar-refractivity contribution in [3.8, 4) is 0 Å². The average Bonchev–Trinajstić information content (AvgIpc) is 1.82. The number of rotatable bonds is 1. The molecule has 0 heterocycles. The summed E-state index contributed by atoms with van der Waals surface area (Å²) in [6, 6.07) is 0. The molecule has 0 spiro atoms. The van der Waals surface area contributed by atoms with E-state index in [-0.39, 0.29) is 0 Å². The SMILES string of the molecule is CC(=O)OOC(=O)/C=[P+](\[O-])O. The molecule has 0 aromatic carbocycles. The van der Waals surface area contributed by atoms with Gasteiger partial charge in [-0.15, -0.1) is 0 Å². The Morgan fingerprint density at radius 3 is 2.45 bits per heavy atom. The standard InChI is InChI=1S/C4H5O6P/c1-3(5)9-10-4(6)2-11(7)8/h2H,1H3,(H,7,8). The van der Waals surface area contributed by atoms with Gasteiger partial charge in [0.25, 0.3) is 0 Å². The Morgan fingerprint density at radius 1 is 1.55 bits per heavy atom. The Labute approximate surface area is 62.8 Å². The molecule has 1 atom stereocenters. The topological polar surface area (TPSA) is 95.9 Å². The van der Waals surface area contributed by atoms with Gasteiger partial charge in [0, 0.05) is 6.92 Å². The first-order valence-corrected chi connectivity index (χ1v) is 3.69. The number of carbonyl (C=O) groups excluding carboxylic acids is 2. The normalized spacial score (nSPS) is 10.6. The molecule has 0 amide bonds. The van der Waals surface area contributed by atoms with Crippen LogP contribution in [-0.4, -0.2) is 22.6 Å². The quantitative estimate of drug-likeness (QED) is 0.299. The van der Waals surface area contributed by atoms with E-state index in [1.54, 1.807) is 0 Å². The zero-order valence-corrected chi connectivity index (χ0v) is 6.41. The highest BCUT2D eigenvalue weighted by Crippen LogP contribution is 1.97. The van der Waals surface area contributed by atoms with E-state index < -0.39 is 19.9 Å². The fourth-order valence-electron chi connectivity index (χ4n) is 0.211. The van der Waals surface area contributed by atoms with Crippen LogP contribution in [-0.2, 0) is 19.4 Å². The molecule has 0 bridgehead atoms. The number of hydrogen-bond acceptors (Lipinski definition) is 6. The lowest BCUT2D eigenvalue weighted by molar-refractivity contribution is -0.250. The van der Waals surface area contributed by atoms with Crippen molar-refractivity contribution in [1.29, 1.82) is 0 Å². The lowest BCUT2D eigenvalue weighted by Crippen LogP contribution is -2.10. The second-order valence-corrected chi connectivity index (χ2v) is 2.27. The van der Waals surface area contributed by atoms with Crippen LogP contribution in [0.3, 0.4) is 0 Å². The summed E-state index contributed by atoms with van der Waals surface area (Å²) in [5, 5.41) is 0. The largest absolute Gasteiger partial charge is 0.603 e. The average molecular weight is 180 g/mol. The van der Waals surface area contributed by atoms with E-state index in [4.69, 9.17) is 4.89 Å². The number of hydrogen-bond donors (Lipinski definition) is 1. The molecule has 7 heteroatoms. The zero-order valence-electron chi connectivity index (χ0n) is 5.51. The number of carbonyl (C=O) groups is 2. The van der Waals surface area contributed by atoms with Gasteiger partial charge in [-0.3, -0.25) is 0 Å². The second-order valence-electron chi connectivity index (χ2n) is 1.41. The van der Waals surface area contributed by atoms with E-state index in [2.05, 4.69) is 9.78 Å². The van der Waals surface area contributed by atoms with Gasteiger partial charge in [0.2, 0.25) is 13.8 Å². The van der Waals surface area contributed by atoms with E-state index in [9.17, 15) is 14.5 Å². The fraction of sp³-hybridized carbons (Fsp3) is 0.250. The van der Waals surface area contributed by atoms with E-state index in [0.717, 1.165) is 6.92 Å². The second kappa shape index (κ2) is 4.79. The monoisotopic (exact) mass is 180 g/mol. The molecule has 0 saturated carbocycles. The lowest BCUT2D eigenvalue weighted by atomic mass is 10.8. The molecule has 0 aromatic rings. The van der Waals surface area contributed by atoms with Gasteiger partial charge >= 0.3 is 11.9 Å². The van der Waals surface area contributed by atoms with Crippen molar-refractivity contribution < 1.29 is 29.2 Å². The van der Waals surface area contributed by atoms with E-state index >= 15 is 0 Å². The minimum Gasteiger partial charge on any atom is -0.603 e. The van der Waals surface area contributed by atoms with Crippen molar-refractivity contribution in [2.75, 3.05) is 0 Å². The molecule has 0 aliphatic rings. The zero-order chi connectivity index (χ0) is 8.85. The lowest BCUT2D eigenvalue weighted by Gasteiger charge is -1.93. The van der Waals surface area contributed by atoms with Crippen LogP contribution < -0.4 is 4.89 Å². The summed E-state index contributed by atoms with van der Waals surface area (Å²) in [5.41, 5.74) is 0. The maximum Gasteiger partial charge on any atom is 0.423 e. The molecule has 0 rings (SSSR count). The van der Waals surface area contributed by atoms with E-state index in [1.807, 2.05) is 0 Å². The van der Waals surface area contributed by atoms with Gasteiger partial charge in [0.15, 0.2) is 0 Å². The van der Waals surface area contributed by atoms with Crippen molar-refractivity contribution in [2.24, 2.45) is 0 Å². The summed E-state index contributed by atoms with van der Waals surface area (Å²) < 4.78 is 0. The fourth-order valence-corrected chi connectivity index (χ4v) is 0.435. The van der Waals surface area contributed by atoms with E-state index in [0.29, 0.717) is 5.80 Å². The molecule has 0 saturated heterocycles. The van der Waals surface area contributed by atoms with Gasteiger partial charge in [-0.2, -0.15) is 4.89 Å². The highest BCUT2D eigenvalue weighted by atomic mass is 31.1. The van der Waals surface area contributed by atoms with Crippen LogP contribution in [0.25, 0.3) is 0 Å². The molecule has 0 aromatic heterocycles. The van der Waals surface area contributed by atoms with Crippen LogP contribution in [0.4, 0.5) is 0 Å². The first-order valence-electron chi connectivity index (χ1n) is 2.41. The van der Waals surface area contributed by atoms with Gasteiger partial charge in [-0.05, 0) is 0 Å². The highest BCUT2D eigenvalue weighted by molar-refractivity contribution is 7.46. The molecular weight excluding hydrogens is 175 g/mol. The molecule has 0 fully saturated rings. The Hall–Kier alpha value is -0.970. The van der Waals surface area contributed by atoms with Crippen molar-refractivity contribution in [3.63, 3.8) is 0 Å². The van der Waals surface area contributed by atoms with Crippen molar-refractivity contribution >= 4 is 25.7 Å². The maximum atomic E-state index is 10.3. The molecular formula is C4H5O6P. The molecule has 11 heavy (non-hydrogen) atoms. The predicted octanol–water partition coefficient (Wildman–Crippen LogP) is -1.53. The molecule has 0 aliphatic heterocycles. The van der Waals surface area contributed by atoms with Crippen LogP contribution in [0.5, 0.6) is 0 Å². The van der Waals surface area contributed by atoms with Crippen molar-refractivity contribution in [2.45, 2.75) is 6.92 Å². The third-order valence-electron chi connectivity index (χ3n) is 0.457. The van der Waals surface area contributed by atoms with Gasteiger partial charge in [-0.1, -0.05) is 0 Å². The van der Waals surface area contributed by atoms with Gasteiger partial charge in [0.05, 0.1) is 0 Å². The third-order valence-corrected chi connectivity index (χ3v) is 0.889. The Kier molecular flexibility index (Phi) is 4.36. The van der Waals surface area contributed by atoms with Crippen molar-refractivity contribution in [1.82, 2.24) is 0 Å². The van der Waals surface area contributed by atoms with Gasteiger partial charge in [0.1, 0.15) is 0 Å². The molecule has 62 valence electrons. The summed E-state index contributed by atoms with van der Waals surface area (Å²) in [7, 11) is -2.71. The first kappa shape index (κ1) is 10.0. The van der Waals surface area contributed by atoms with Crippen LogP contribution in [0.15, 0.2) is 0 Å². The van der Waals surface area contributed by atoms with Crippen LogP contribution in [0.2, 0.25) is 0 Å². The van der Waals surface area contributed by atoms with Crippen LogP contribution in [0.1, 0.15) is 6.92 Å². The summed E-state index contributed by atoms with van der Waals surface area (Å²) >= 11 is 0. The molecule has 0 radical (unpaired) electrons. The summed E-state index contributed by atoms with van der Waals surface area (Å²) in [6.45, 7) is 1.02. The molecule has 1 N–H and O–H groups in total. The first-order chi connectivity index (χ1) is 5.02. The molecule has 0 aliphatic carbocycles. The predicted molar refractivity (Wildman–Crippen MR) is 33.1 cm³/mol. The van der Waals surface area contributed by atoms with Crippen molar-refractivity contribution in [3.05, 3.63) is 0 Å². The minimum absolute atomic E-state index is 0.373.